The molecule has 1 atom stereocenters. The fraction of sp³-hybridized carbons (Fsp3) is 0.682. The average Bonchev–Trinajstić information content (AvgIpc) is 2.76. The molecule has 1 aromatic rings. The summed E-state index contributed by atoms with van der Waals surface area (Å²) in [6.45, 7) is 0. The number of carbonyl (C=O) groups excluding carboxylic acids is 1. The number of hydrogen-bond donors (Lipinski definition) is 2. The number of anilines is 1. The van der Waals surface area contributed by atoms with E-state index in [0.717, 1.165) is 6.42 Å². The van der Waals surface area contributed by atoms with Gasteiger partial charge in [-0.25, -0.2) is 4.79 Å². The molecule has 0 aromatic carbocycles. The molecule has 2 N–H and O–H groups in total. The largest absolute Gasteiger partial charge is 0.406 e. The zero-order valence-electron chi connectivity index (χ0n) is 17.8. The van der Waals surface area contributed by atoms with Gasteiger partial charge in [0.05, 0.1) is 11.6 Å². The first kappa shape index (κ1) is 22.7. The molecule has 4 rings (SSSR count). The minimum atomic E-state index is -4.19. The smallest absolute Gasteiger partial charge is 0.391 e. The van der Waals surface area contributed by atoms with Crippen molar-refractivity contribution < 1.29 is 27.2 Å². The van der Waals surface area contributed by atoms with Gasteiger partial charge in [-0.15, -0.1) is 0 Å². The van der Waals surface area contributed by atoms with E-state index in [4.69, 9.17) is 9.25 Å². The topological polar surface area (TPSA) is 92.9 Å². The number of halogens is 3. The van der Waals surface area contributed by atoms with Crippen LogP contribution in [0.1, 0.15) is 80.1 Å². The number of alkyl halides is 3. The Balaban J connectivity index is 1.38. The Morgan fingerprint density at radius 3 is 2.47 bits per heavy atom. The number of rotatable bonds is 5. The molecule has 1 amide bonds. The highest BCUT2D eigenvalue weighted by Crippen LogP contribution is 2.36. The monoisotopic (exact) mass is 455 g/mol. The standard InChI is InChI=1S/C22H28F3N3O4/c23-22(24,25)15-8-10-16(11-9-15)28-32-21-26-19(30)18-14(12-17(29)31-20(18)27-21)7-6-13-4-2-1-3-5-13/h12-13,15,21,27H,1-11H2,(H,26,30). The molecule has 3 aliphatic rings. The van der Waals surface area contributed by atoms with E-state index >= 15 is 0 Å². The molecule has 2 aliphatic carbocycles. The number of oxime groups is 1. The highest BCUT2D eigenvalue weighted by Gasteiger charge is 2.41. The van der Waals surface area contributed by atoms with E-state index in [0.29, 0.717) is 29.2 Å². The lowest BCUT2D eigenvalue weighted by molar-refractivity contribution is -0.178. The number of carbonyl (C=O) groups is 1. The number of fused-ring (bicyclic) bond motifs is 1. The summed E-state index contributed by atoms with van der Waals surface area (Å²) in [6, 6.07) is 1.36. The van der Waals surface area contributed by atoms with Crippen LogP contribution in [-0.2, 0) is 11.3 Å². The first-order chi connectivity index (χ1) is 15.3. The highest BCUT2D eigenvalue weighted by atomic mass is 19.4. The molecule has 1 unspecified atom stereocenters. The maximum Gasteiger partial charge on any atom is 0.391 e. The summed E-state index contributed by atoms with van der Waals surface area (Å²) in [6.07, 6.45) is 2.63. The summed E-state index contributed by atoms with van der Waals surface area (Å²) < 4.78 is 43.6. The Labute approximate surface area is 183 Å². The second kappa shape index (κ2) is 9.54. The third-order valence-electron chi connectivity index (χ3n) is 6.65. The van der Waals surface area contributed by atoms with Crippen molar-refractivity contribution in [2.24, 2.45) is 17.0 Å². The van der Waals surface area contributed by atoms with Crippen LogP contribution in [0, 0.1) is 11.8 Å². The molecule has 176 valence electrons. The Morgan fingerprint density at radius 1 is 1.06 bits per heavy atom. The maximum absolute atomic E-state index is 12.8. The van der Waals surface area contributed by atoms with Crippen LogP contribution in [0.3, 0.4) is 0 Å². The quantitative estimate of drug-likeness (QED) is 0.627. The lowest BCUT2D eigenvalue weighted by Crippen LogP contribution is -2.47. The lowest BCUT2D eigenvalue weighted by Gasteiger charge is -2.27. The van der Waals surface area contributed by atoms with Crippen molar-refractivity contribution in [3.63, 3.8) is 0 Å². The van der Waals surface area contributed by atoms with Crippen LogP contribution in [0.25, 0.3) is 0 Å². The number of amides is 1. The van der Waals surface area contributed by atoms with Gasteiger partial charge in [0, 0.05) is 6.07 Å². The van der Waals surface area contributed by atoms with Crippen LogP contribution in [0.15, 0.2) is 20.4 Å². The Bertz CT molecular complexity index is 912. The molecule has 0 spiro atoms. The third-order valence-corrected chi connectivity index (χ3v) is 6.65. The van der Waals surface area contributed by atoms with Crippen molar-refractivity contribution in [2.45, 2.75) is 83.2 Å². The molecule has 1 aromatic heterocycles. The van der Waals surface area contributed by atoms with Crippen molar-refractivity contribution in [3.8, 4) is 0 Å². The van der Waals surface area contributed by atoms with Crippen LogP contribution >= 0.6 is 0 Å². The number of nitrogens with zero attached hydrogens (tertiary/aromatic N) is 1. The van der Waals surface area contributed by atoms with E-state index in [1.807, 2.05) is 0 Å². The first-order valence-electron chi connectivity index (χ1n) is 11.3. The molecule has 32 heavy (non-hydrogen) atoms. The van der Waals surface area contributed by atoms with Crippen molar-refractivity contribution in [1.29, 1.82) is 0 Å². The second-order valence-electron chi connectivity index (χ2n) is 8.91. The van der Waals surface area contributed by atoms with Crippen LogP contribution in [0.5, 0.6) is 0 Å². The molecule has 2 fully saturated rings. The molecule has 0 saturated heterocycles. The van der Waals surface area contributed by atoms with Gasteiger partial charge in [0.1, 0.15) is 5.56 Å². The summed E-state index contributed by atoms with van der Waals surface area (Å²) in [7, 11) is 0. The molecule has 0 bridgehead atoms. The molecule has 2 saturated carbocycles. The van der Waals surface area contributed by atoms with E-state index in [9.17, 15) is 22.8 Å². The fourth-order valence-corrected chi connectivity index (χ4v) is 4.82. The van der Waals surface area contributed by atoms with E-state index in [-0.39, 0.29) is 31.6 Å². The average molecular weight is 455 g/mol. The van der Waals surface area contributed by atoms with Gasteiger partial charge in [-0.2, -0.15) is 13.2 Å². The van der Waals surface area contributed by atoms with Crippen LogP contribution < -0.4 is 16.3 Å². The van der Waals surface area contributed by atoms with Gasteiger partial charge in [0.25, 0.3) is 12.3 Å². The summed E-state index contributed by atoms with van der Waals surface area (Å²) in [5, 5.41) is 9.36. The van der Waals surface area contributed by atoms with Gasteiger partial charge in [-0.3, -0.25) is 10.1 Å². The van der Waals surface area contributed by atoms with Crippen LogP contribution in [0.2, 0.25) is 0 Å². The van der Waals surface area contributed by atoms with Gasteiger partial charge in [0.15, 0.2) is 0 Å². The van der Waals surface area contributed by atoms with Gasteiger partial charge in [-0.05, 0) is 50.0 Å². The SMILES string of the molecule is O=C1NC(ON=C2CCC(C(F)(F)F)CC2)Nc2oc(=O)cc(CCC3CCCCC3)c21. The third kappa shape index (κ3) is 5.45. The zero-order valence-corrected chi connectivity index (χ0v) is 17.8. The zero-order chi connectivity index (χ0) is 22.7. The fourth-order valence-electron chi connectivity index (χ4n) is 4.82. The van der Waals surface area contributed by atoms with Gasteiger partial charge in [-0.1, -0.05) is 37.3 Å². The minimum Gasteiger partial charge on any atom is -0.406 e. The van der Waals surface area contributed by atoms with E-state index < -0.39 is 30.0 Å². The summed E-state index contributed by atoms with van der Waals surface area (Å²) in [4.78, 5) is 30.1. The predicted molar refractivity (Wildman–Crippen MR) is 111 cm³/mol. The summed E-state index contributed by atoms with van der Waals surface area (Å²) >= 11 is 0. The van der Waals surface area contributed by atoms with E-state index in [1.165, 1.54) is 38.2 Å². The first-order valence-corrected chi connectivity index (χ1v) is 11.3. The molecular formula is C22H28F3N3O4. The van der Waals surface area contributed by atoms with Crippen molar-refractivity contribution in [1.82, 2.24) is 5.32 Å². The molecule has 0 radical (unpaired) electrons. The van der Waals surface area contributed by atoms with E-state index in [1.54, 1.807) is 0 Å². The summed E-state index contributed by atoms with van der Waals surface area (Å²) in [5.74, 6) is -1.12. The Morgan fingerprint density at radius 2 is 1.78 bits per heavy atom. The van der Waals surface area contributed by atoms with Gasteiger partial charge < -0.3 is 14.6 Å². The predicted octanol–water partition coefficient (Wildman–Crippen LogP) is 4.72. The number of nitrogens with one attached hydrogen (secondary N) is 2. The Kier molecular flexibility index (Phi) is 6.76. The van der Waals surface area contributed by atoms with Crippen molar-refractivity contribution >= 4 is 17.5 Å². The number of hydrogen-bond acceptors (Lipinski definition) is 6. The Hall–Kier alpha value is -2.52. The van der Waals surface area contributed by atoms with Gasteiger partial charge >= 0.3 is 11.8 Å². The molecule has 2 heterocycles. The molecule has 1 aliphatic heterocycles. The van der Waals surface area contributed by atoms with Crippen molar-refractivity contribution in [3.05, 3.63) is 27.6 Å². The maximum atomic E-state index is 12.8. The normalized spacial score (nSPS) is 24.3. The van der Waals surface area contributed by atoms with Crippen molar-refractivity contribution in [2.75, 3.05) is 5.32 Å². The van der Waals surface area contributed by atoms with Gasteiger partial charge in [0.2, 0.25) is 5.88 Å². The van der Waals surface area contributed by atoms with Crippen LogP contribution in [-0.4, -0.2) is 24.1 Å². The molecule has 10 heteroatoms. The molecular weight excluding hydrogens is 427 g/mol. The second-order valence-corrected chi connectivity index (χ2v) is 8.91. The van der Waals surface area contributed by atoms with E-state index in [2.05, 4.69) is 15.8 Å². The number of aryl methyl sites for hydroxylation is 1. The minimum absolute atomic E-state index is 0.0296. The highest BCUT2D eigenvalue weighted by molar-refractivity contribution is 6.01. The van der Waals surface area contributed by atoms with Crippen LogP contribution in [0.4, 0.5) is 19.1 Å². The lowest BCUT2D eigenvalue weighted by atomic mass is 9.85. The summed E-state index contributed by atoms with van der Waals surface area (Å²) in [5.41, 5.74) is 0.885. The molecule has 7 nitrogen and oxygen atoms in total.